The molecule has 138 valence electrons. The summed E-state index contributed by atoms with van der Waals surface area (Å²) in [5.41, 5.74) is 5.44. The van der Waals surface area contributed by atoms with Crippen LogP contribution in [0.15, 0.2) is 0 Å². The SMILES string of the molecule is CCCCCCCCCCCC(=O)C(N)(CCC)C[N+](C)(C)O. The lowest BCUT2D eigenvalue weighted by Gasteiger charge is -2.32. The molecule has 23 heavy (non-hydrogen) atoms. The van der Waals surface area contributed by atoms with Gasteiger partial charge in [0.25, 0.3) is 0 Å². The molecule has 0 heterocycles. The second-order valence-electron chi connectivity index (χ2n) is 7.69. The first-order valence-electron chi connectivity index (χ1n) is 9.63. The van der Waals surface area contributed by atoms with E-state index in [0.717, 1.165) is 19.3 Å². The molecule has 0 saturated heterocycles. The standard InChI is InChI=1S/C19H41N2O2/c1-5-7-8-9-10-11-12-13-14-15-18(22)19(20,16-6-2)17-21(3,4)23/h23H,5-17,20H2,1-4H3/q+1. The average molecular weight is 330 g/mol. The van der Waals surface area contributed by atoms with Crippen LogP contribution in [0.4, 0.5) is 0 Å². The van der Waals surface area contributed by atoms with E-state index in [2.05, 4.69) is 6.92 Å². The molecule has 0 fully saturated rings. The Bertz CT molecular complexity index is 313. The summed E-state index contributed by atoms with van der Waals surface area (Å²) in [6, 6.07) is 0. The number of quaternary nitrogens is 1. The average Bonchev–Trinajstić information content (AvgIpc) is 2.43. The minimum Gasteiger partial charge on any atom is -0.314 e. The molecule has 0 aliphatic carbocycles. The Morgan fingerprint density at radius 1 is 0.913 bits per heavy atom. The number of carbonyl (C=O) groups excluding carboxylic acids is 1. The number of rotatable bonds is 15. The van der Waals surface area contributed by atoms with Crippen molar-refractivity contribution in [1.29, 1.82) is 0 Å². The monoisotopic (exact) mass is 329 g/mol. The highest BCUT2D eigenvalue weighted by atomic mass is 16.5. The fraction of sp³-hybridized carbons (Fsp3) is 0.947. The molecular weight excluding hydrogens is 288 g/mol. The minimum absolute atomic E-state index is 0.113. The van der Waals surface area contributed by atoms with Gasteiger partial charge in [-0.1, -0.05) is 71.6 Å². The molecule has 0 radical (unpaired) electrons. The summed E-state index contributed by atoms with van der Waals surface area (Å²) in [5.74, 6) is 0.113. The van der Waals surface area contributed by atoms with Crippen molar-refractivity contribution in [3.05, 3.63) is 0 Å². The lowest BCUT2D eigenvalue weighted by molar-refractivity contribution is -1.07. The van der Waals surface area contributed by atoms with Gasteiger partial charge < -0.3 is 5.73 Å². The first kappa shape index (κ1) is 22.6. The molecule has 1 unspecified atom stereocenters. The van der Waals surface area contributed by atoms with Crippen molar-refractivity contribution in [2.24, 2.45) is 5.73 Å². The molecule has 0 spiro atoms. The molecule has 0 aliphatic heterocycles. The van der Waals surface area contributed by atoms with Crippen molar-refractivity contribution in [2.45, 2.75) is 96.4 Å². The Hall–Kier alpha value is -0.450. The number of hydroxylamine groups is 3. The van der Waals surface area contributed by atoms with Gasteiger partial charge in [0, 0.05) is 6.42 Å². The van der Waals surface area contributed by atoms with Gasteiger partial charge in [-0.2, -0.15) is 4.65 Å². The zero-order chi connectivity index (χ0) is 17.8. The lowest BCUT2D eigenvalue weighted by Crippen LogP contribution is -2.59. The molecule has 0 amide bonds. The van der Waals surface area contributed by atoms with Gasteiger partial charge in [-0.3, -0.25) is 4.79 Å². The van der Waals surface area contributed by atoms with Crippen LogP contribution in [0.5, 0.6) is 0 Å². The summed E-state index contributed by atoms with van der Waals surface area (Å²) < 4.78 is -0.250. The number of ketones is 1. The summed E-state index contributed by atoms with van der Waals surface area (Å²) in [5, 5.41) is 9.96. The maximum atomic E-state index is 12.5. The summed E-state index contributed by atoms with van der Waals surface area (Å²) in [6.07, 6.45) is 13.3. The van der Waals surface area contributed by atoms with E-state index in [1.165, 1.54) is 44.9 Å². The van der Waals surface area contributed by atoms with Gasteiger partial charge in [-0.05, 0) is 12.8 Å². The van der Waals surface area contributed by atoms with E-state index in [-0.39, 0.29) is 17.0 Å². The van der Waals surface area contributed by atoms with Crippen LogP contribution >= 0.6 is 0 Å². The van der Waals surface area contributed by atoms with Crippen molar-refractivity contribution in [2.75, 3.05) is 20.6 Å². The van der Waals surface area contributed by atoms with Crippen LogP contribution in [0.25, 0.3) is 0 Å². The van der Waals surface area contributed by atoms with Crippen molar-refractivity contribution in [3.63, 3.8) is 0 Å². The number of hydrogen-bond acceptors (Lipinski definition) is 3. The Labute approximate surface area is 144 Å². The highest BCUT2D eigenvalue weighted by Crippen LogP contribution is 2.19. The van der Waals surface area contributed by atoms with Crippen LogP contribution in [-0.2, 0) is 4.79 Å². The highest BCUT2D eigenvalue weighted by molar-refractivity contribution is 5.88. The van der Waals surface area contributed by atoms with E-state index in [1.54, 1.807) is 14.1 Å². The Morgan fingerprint density at radius 3 is 1.83 bits per heavy atom. The molecule has 4 heteroatoms. The summed E-state index contributed by atoms with van der Waals surface area (Å²) in [7, 11) is 3.34. The molecule has 4 nitrogen and oxygen atoms in total. The zero-order valence-electron chi connectivity index (χ0n) is 16.1. The van der Waals surface area contributed by atoms with Crippen molar-refractivity contribution in [3.8, 4) is 0 Å². The zero-order valence-corrected chi connectivity index (χ0v) is 16.1. The fourth-order valence-electron chi connectivity index (χ4n) is 3.29. The Kier molecular flexibility index (Phi) is 11.8. The van der Waals surface area contributed by atoms with Crippen molar-refractivity contribution >= 4 is 5.78 Å². The topological polar surface area (TPSA) is 63.3 Å². The van der Waals surface area contributed by atoms with E-state index >= 15 is 0 Å². The number of likely N-dealkylation sites (N-methyl/N-ethyl adjacent to an activating group) is 1. The second-order valence-corrected chi connectivity index (χ2v) is 7.69. The molecule has 1 atom stereocenters. The Balaban J connectivity index is 3.96. The third-order valence-corrected chi connectivity index (χ3v) is 4.43. The first-order chi connectivity index (χ1) is 10.7. The predicted octanol–water partition coefficient (Wildman–Crippen LogP) is 4.44. The maximum Gasteiger partial charge on any atom is 0.158 e. The summed E-state index contributed by atoms with van der Waals surface area (Å²) in [6.45, 7) is 4.56. The van der Waals surface area contributed by atoms with Crippen molar-refractivity contribution in [1.82, 2.24) is 0 Å². The summed E-state index contributed by atoms with van der Waals surface area (Å²) >= 11 is 0. The van der Waals surface area contributed by atoms with Crippen LogP contribution in [0.1, 0.15) is 90.9 Å². The van der Waals surface area contributed by atoms with Gasteiger partial charge >= 0.3 is 0 Å². The first-order valence-corrected chi connectivity index (χ1v) is 9.63. The van der Waals surface area contributed by atoms with Gasteiger partial charge in [0.2, 0.25) is 0 Å². The lowest BCUT2D eigenvalue weighted by atomic mass is 9.86. The minimum atomic E-state index is -0.882. The third kappa shape index (κ3) is 11.7. The molecule has 0 aromatic carbocycles. The smallest absolute Gasteiger partial charge is 0.158 e. The summed E-state index contributed by atoms with van der Waals surface area (Å²) in [4.78, 5) is 12.5. The number of hydrogen-bond donors (Lipinski definition) is 2. The largest absolute Gasteiger partial charge is 0.314 e. The maximum absolute atomic E-state index is 12.5. The van der Waals surface area contributed by atoms with E-state index in [0.29, 0.717) is 12.8 Å². The molecule has 0 rings (SSSR count). The number of unbranched alkanes of at least 4 members (excludes halogenated alkanes) is 8. The Morgan fingerprint density at radius 2 is 1.39 bits per heavy atom. The highest BCUT2D eigenvalue weighted by Gasteiger charge is 2.38. The van der Waals surface area contributed by atoms with Gasteiger partial charge in [0.1, 0.15) is 12.1 Å². The molecule has 0 aromatic rings. The van der Waals surface area contributed by atoms with E-state index < -0.39 is 5.54 Å². The number of nitrogens with zero attached hydrogens (tertiary/aromatic N) is 1. The molecule has 0 aliphatic rings. The normalized spacial score (nSPS) is 14.7. The quantitative estimate of drug-likeness (QED) is 0.265. The second kappa shape index (κ2) is 12.0. The van der Waals surface area contributed by atoms with Crippen LogP contribution in [-0.4, -0.2) is 41.8 Å². The molecule has 0 saturated carbocycles. The molecule has 0 aromatic heterocycles. The van der Waals surface area contributed by atoms with Crippen LogP contribution in [0.3, 0.4) is 0 Å². The van der Waals surface area contributed by atoms with Crippen LogP contribution < -0.4 is 5.73 Å². The van der Waals surface area contributed by atoms with Crippen LogP contribution in [0.2, 0.25) is 0 Å². The van der Waals surface area contributed by atoms with E-state index in [4.69, 9.17) is 5.73 Å². The molecular formula is C19H41N2O2+. The van der Waals surface area contributed by atoms with E-state index in [1.807, 2.05) is 6.92 Å². The number of nitrogens with two attached hydrogens (primary N) is 1. The molecule has 0 bridgehead atoms. The predicted molar refractivity (Wildman–Crippen MR) is 97.4 cm³/mol. The van der Waals surface area contributed by atoms with E-state index in [9.17, 15) is 10.0 Å². The van der Waals surface area contributed by atoms with Gasteiger partial charge in [0.15, 0.2) is 5.78 Å². The number of Topliss-reactive ketones (excluding diaryl/α,β-unsaturated/α-hetero) is 1. The van der Waals surface area contributed by atoms with Gasteiger partial charge in [-0.15, -0.1) is 0 Å². The van der Waals surface area contributed by atoms with Gasteiger partial charge in [0.05, 0.1) is 14.1 Å². The third-order valence-electron chi connectivity index (χ3n) is 4.43. The van der Waals surface area contributed by atoms with Gasteiger partial charge in [-0.25, -0.2) is 5.21 Å². The number of carbonyl (C=O) groups is 1. The fourth-order valence-corrected chi connectivity index (χ4v) is 3.29. The van der Waals surface area contributed by atoms with Crippen molar-refractivity contribution < 1.29 is 14.6 Å². The molecule has 3 N–H and O–H groups in total. The van der Waals surface area contributed by atoms with Crippen LogP contribution in [0, 0.1) is 0 Å².